The summed E-state index contributed by atoms with van der Waals surface area (Å²) in [6, 6.07) is 13.5. The van der Waals surface area contributed by atoms with Gasteiger partial charge in [-0.15, -0.1) is 0 Å². The molecule has 0 aliphatic rings. The van der Waals surface area contributed by atoms with Crippen LogP contribution in [0.5, 0.6) is 0 Å². The molecule has 0 aromatic heterocycles. The zero-order valence-corrected chi connectivity index (χ0v) is 15.0. The van der Waals surface area contributed by atoms with Crippen LogP contribution in [0.3, 0.4) is 0 Å². The number of likely N-dealkylation sites (N-methyl/N-ethyl adjacent to an activating group) is 1. The van der Waals surface area contributed by atoms with Crippen molar-refractivity contribution in [3.05, 3.63) is 68.4 Å². The van der Waals surface area contributed by atoms with Crippen LogP contribution in [-0.4, -0.2) is 13.1 Å². The number of nitrogens with one attached hydrogen (secondary N) is 1. The molecule has 0 amide bonds. The maximum Gasteiger partial charge on any atom is 0.137 e. The monoisotopic (exact) mass is 413 g/mol. The van der Waals surface area contributed by atoms with Crippen LogP contribution in [0.25, 0.3) is 0 Å². The number of rotatable bonds is 6. The molecule has 1 atom stereocenters. The summed E-state index contributed by atoms with van der Waals surface area (Å²) < 4.78 is 15.0. The number of benzene rings is 2. The van der Waals surface area contributed by atoms with E-state index in [1.807, 2.05) is 18.2 Å². The van der Waals surface area contributed by atoms with Gasteiger partial charge in [-0.3, -0.25) is 0 Å². The van der Waals surface area contributed by atoms with Gasteiger partial charge in [0.2, 0.25) is 0 Å². The average molecular weight is 415 g/mol. The van der Waals surface area contributed by atoms with Crippen molar-refractivity contribution in [1.82, 2.24) is 5.32 Å². The molecule has 0 fully saturated rings. The fraction of sp³-hybridized carbons (Fsp3) is 0.294. The van der Waals surface area contributed by atoms with Crippen LogP contribution in [0.15, 0.2) is 51.4 Å². The van der Waals surface area contributed by atoms with Crippen molar-refractivity contribution in [2.24, 2.45) is 0 Å². The van der Waals surface area contributed by atoms with Gasteiger partial charge in [-0.25, -0.2) is 4.39 Å². The van der Waals surface area contributed by atoms with Gasteiger partial charge in [-0.05, 0) is 58.2 Å². The molecule has 1 nitrogen and oxygen atoms in total. The second-order valence-electron chi connectivity index (χ2n) is 4.98. The van der Waals surface area contributed by atoms with Gasteiger partial charge in [0.05, 0.1) is 4.47 Å². The maximum absolute atomic E-state index is 13.4. The molecule has 0 bridgehead atoms. The van der Waals surface area contributed by atoms with Gasteiger partial charge in [0, 0.05) is 16.9 Å². The molecule has 0 saturated heterocycles. The quantitative estimate of drug-likeness (QED) is 0.677. The summed E-state index contributed by atoms with van der Waals surface area (Å²) in [4.78, 5) is 0. The molecule has 0 radical (unpaired) electrons. The summed E-state index contributed by atoms with van der Waals surface area (Å²) in [5, 5.41) is 3.41. The van der Waals surface area contributed by atoms with Crippen molar-refractivity contribution < 1.29 is 4.39 Å². The minimum absolute atomic E-state index is 0.220. The second-order valence-corrected chi connectivity index (χ2v) is 6.69. The largest absolute Gasteiger partial charge is 0.316 e. The van der Waals surface area contributed by atoms with E-state index in [1.54, 1.807) is 0 Å². The lowest BCUT2D eigenvalue weighted by molar-refractivity contribution is 0.590. The minimum atomic E-state index is -0.220. The molecule has 2 aromatic carbocycles. The van der Waals surface area contributed by atoms with Crippen LogP contribution >= 0.6 is 31.9 Å². The lowest BCUT2D eigenvalue weighted by Gasteiger charge is -2.19. The molecular weight excluding hydrogens is 397 g/mol. The van der Waals surface area contributed by atoms with Crippen molar-refractivity contribution >= 4 is 31.9 Å². The summed E-state index contributed by atoms with van der Waals surface area (Å²) in [6.07, 6.45) is 0.870. The lowest BCUT2D eigenvalue weighted by Crippen LogP contribution is -2.23. The summed E-state index contributed by atoms with van der Waals surface area (Å²) >= 11 is 6.89. The maximum atomic E-state index is 13.4. The molecule has 1 unspecified atom stereocenters. The Morgan fingerprint density at radius 1 is 1.10 bits per heavy atom. The second kappa shape index (κ2) is 8.06. The number of hydrogen-bond donors (Lipinski definition) is 1. The third kappa shape index (κ3) is 4.63. The Morgan fingerprint density at radius 3 is 2.52 bits per heavy atom. The first-order valence-corrected chi connectivity index (χ1v) is 8.59. The lowest BCUT2D eigenvalue weighted by atomic mass is 9.92. The number of halogens is 3. The third-order valence-electron chi connectivity index (χ3n) is 3.45. The van der Waals surface area contributed by atoms with Crippen molar-refractivity contribution in [1.29, 1.82) is 0 Å². The van der Waals surface area contributed by atoms with Gasteiger partial charge >= 0.3 is 0 Å². The molecule has 21 heavy (non-hydrogen) atoms. The standard InChI is InChI=1S/C17H18Br2FN/c1-2-21-11-13(14-5-3-4-6-15(14)18)9-12-7-8-17(20)16(19)10-12/h3-8,10,13,21H,2,9,11H2,1H3. The first-order valence-electron chi connectivity index (χ1n) is 7.01. The van der Waals surface area contributed by atoms with Crippen molar-refractivity contribution in [2.75, 3.05) is 13.1 Å². The molecule has 0 spiro atoms. The Labute approximate surface area is 142 Å². The average Bonchev–Trinajstić information content (AvgIpc) is 2.48. The SMILES string of the molecule is CCNCC(Cc1ccc(F)c(Br)c1)c1ccccc1Br. The van der Waals surface area contributed by atoms with Gasteiger partial charge in [0.15, 0.2) is 0 Å². The van der Waals surface area contributed by atoms with Crippen LogP contribution in [0.1, 0.15) is 24.0 Å². The third-order valence-corrected chi connectivity index (χ3v) is 4.78. The van der Waals surface area contributed by atoms with E-state index in [2.05, 4.69) is 62.3 Å². The fourth-order valence-corrected chi connectivity index (χ4v) is 3.40. The number of hydrogen-bond acceptors (Lipinski definition) is 1. The van der Waals surface area contributed by atoms with E-state index in [9.17, 15) is 4.39 Å². The van der Waals surface area contributed by atoms with E-state index in [4.69, 9.17) is 0 Å². The van der Waals surface area contributed by atoms with E-state index in [0.717, 1.165) is 29.5 Å². The Morgan fingerprint density at radius 2 is 1.86 bits per heavy atom. The summed E-state index contributed by atoms with van der Waals surface area (Å²) in [7, 11) is 0. The molecule has 2 rings (SSSR count). The molecule has 4 heteroatoms. The van der Waals surface area contributed by atoms with Gasteiger partial charge in [0.1, 0.15) is 5.82 Å². The van der Waals surface area contributed by atoms with Crippen molar-refractivity contribution in [3.8, 4) is 0 Å². The summed E-state index contributed by atoms with van der Waals surface area (Å²) in [6.45, 7) is 3.94. The Hall–Kier alpha value is -0.710. The fourth-order valence-electron chi connectivity index (χ4n) is 2.37. The molecule has 0 aliphatic carbocycles. The smallest absolute Gasteiger partial charge is 0.137 e. The van der Waals surface area contributed by atoms with Crippen molar-refractivity contribution in [3.63, 3.8) is 0 Å². The predicted octanol–water partition coefficient (Wildman–Crippen LogP) is 5.29. The van der Waals surface area contributed by atoms with Gasteiger partial charge in [-0.1, -0.05) is 47.1 Å². The molecule has 0 heterocycles. The van der Waals surface area contributed by atoms with Crippen LogP contribution in [0.2, 0.25) is 0 Å². The van der Waals surface area contributed by atoms with E-state index in [0.29, 0.717) is 10.4 Å². The molecule has 112 valence electrons. The van der Waals surface area contributed by atoms with E-state index >= 15 is 0 Å². The highest BCUT2D eigenvalue weighted by Gasteiger charge is 2.15. The van der Waals surface area contributed by atoms with Gasteiger partial charge in [0.25, 0.3) is 0 Å². The van der Waals surface area contributed by atoms with Crippen LogP contribution in [0, 0.1) is 5.82 Å². The van der Waals surface area contributed by atoms with Crippen LogP contribution in [0.4, 0.5) is 4.39 Å². The first kappa shape index (κ1) is 16.7. The molecule has 0 aliphatic heterocycles. The summed E-state index contributed by atoms with van der Waals surface area (Å²) in [5.74, 6) is 0.126. The minimum Gasteiger partial charge on any atom is -0.316 e. The molecule has 1 N–H and O–H groups in total. The molecule has 0 saturated carbocycles. The van der Waals surface area contributed by atoms with E-state index in [-0.39, 0.29) is 5.82 Å². The van der Waals surface area contributed by atoms with E-state index < -0.39 is 0 Å². The van der Waals surface area contributed by atoms with Crippen LogP contribution < -0.4 is 5.32 Å². The highest BCUT2D eigenvalue weighted by molar-refractivity contribution is 9.10. The highest BCUT2D eigenvalue weighted by Crippen LogP contribution is 2.28. The topological polar surface area (TPSA) is 12.0 Å². The Balaban J connectivity index is 2.24. The van der Waals surface area contributed by atoms with Crippen LogP contribution in [-0.2, 0) is 6.42 Å². The normalized spacial score (nSPS) is 12.4. The Bertz CT molecular complexity index is 601. The Kier molecular flexibility index (Phi) is 6.40. The molecule has 2 aromatic rings. The predicted molar refractivity (Wildman–Crippen MR) is 93.2 cm³/mol. The van der Waals surface area contributed by atoms with Crippen molar-refractivity contribution in [2.45, 2.75) is 19.3 Å². The van der Waals surface area contributed by atoms with E-state index in [1.165, 1.54) is 11.6 Å². The summed E-state index contributed by atoms with van der Waals surface area (Å²) in [5.41, 5.74) is 2.40. The molecular formula is C17H18Br2FN. The van der Waals surface area contributed by atoms with Gasteiger partial charge < -0.3 is 5.32 Å². The zero-order chi connectivity index (χ0) is 15.2. The highest BCUT2D eigenvalue weighted by atomic mass is 79.9. The zero-order valence-electron chi connectivity index (χ0n) is 11.9. The van der Waals surface area contributed by atoms with Gasteiger partial charge in [-0.2, -0.15) is 0 Å². The first-order chi connectivity index (χ1) is 10.1.